The fraction of sp³-hybridized carbons (Fsp3) is 0.735. The van der Waals surface area contributed by atoms with Gasteiger partial charge < -0.3 is 39.2 Å². The third-order valence-corrected chi connectivity index (χ3v) is 13.8. The second-order valence-electron chi connectivity index (χ2n) is 18.7. The van der Waals surface area contributed by atoms with Crippen molar-refractivity contribution in [2.24, 2.45) is 29.6 Å². The average molecular weight is 870 g/mol. The minimum atomic E-state index is -2.41. The Balaban J connectivity index is 1.64. The number of fused-ring (bicyclic) bond motifs is 3. The molecule has 0 aromatic heterocycles. The van der Waals surface area contributed by atoms with E-state index in [1.165, 1.54) is 4.90 Å². The minimum absolute atomic E-state index is 0.0714. The van der Waals surface area contributed by atoms with Crippen LogP contribution in [0.3, 0.4) is 0 Å². The van der Waals surface area contributed by atoms with E-state index in [-0.39, 0.29) is 61.2 Å². The molecule has 6 unspecified atom stereocenters. The first-order chi connectivity index (χ1) is 29.4. The van der Waals surface area contributed by atoms with Gasteiger partial charge in [0.2, 0.25) is 5.79 Å². The standard InChI is InChI=1S/C49H75NO12/c1-30-14-10-9-11-15-31(2)44(59-7)28-38-20-17-35(6)49(58,62-38)46(55)47(56)50-23-13-12-16-39(50)48(57)61-37(21-18-36-19-22-40(51)45(26-36)60-8)27-41(52)33(4)25-34(5)43(54)29-42(53)32(3)24-30/h9-11,14-15,25,30,32-33,35-40,43-45,51,54,58H,12-13,16-24,26-29H2,1-8H3/b11-9+,14-10?,31-15+,34-25+/t30-,32?,33-,35?,36-,37-,38+,39?,40?,43?,44+,45-,49?/m1/s1. The molecule has 62 heavy (non-hydrogen) atoms. The first-order valence-corrected chi connectivity index (χ1v) is 23.0. The van der Waals surface area contributed by atoms with E-state index in [2.05, 4.69) is 0 Å². The molecule has 348 valence electrons. The Morgan fingerprint density at radius 2 is 1.55 bits per heavy atom. The molecule has 4 rings (SSSR count). The van der Waals surface area contributed by atoms with Crippen molar-refractivity contribution in [3.63, 3.8) is 0 Å². The number of ether oxygens (including phenoxy) is 4. The molecule has 2 saturated heterocycles. The maximum atomic E-state index is 14.2. The highest BCUT2D eigenvalue weighted by molar-refractivity contribution is 6.39. The van der Waals surface area contributed by atoms with Crippen molar-refractivity contribution in [2.45, 2.75) is 180 Å². The fourth-order valence-corrected chi connectivity index (χ4v) is 9.45. The number of piperidine rings is 1. The number of allylic oxidation sites excluding steroid dienone is 6. The largest absolute Gasteiger partial charge is 0.460 e. The van der Waals surface area contributed by atoms with Crippen LogP contribution in [-0.4, -0.2) is 119 Å². The maximum absolute atomic E-state index is 14.2. The number of Topliss-reactive ketones (excluding diaryl/α,β-unsaturated/α-hetero) is 3. The number of aliphatic hydroxyl groups excluding tert-OH is 2. The van der Waals surface area contributed by atoms with E-state index in [9.17, 15) is 39.3 Å². The van der Waals surface area contributed by atoms with E-state index in [4.69, 9.17) is 18.9 Å². The van der Waals surface area contributed by atoms with Crippen molar-refractivity contribution in [3.05, 3.63) is 47.6 Å². The number of methoxy groups -OCH3 is 2. The molecule has 3 fully saturated rings. The number of hydrogen-bond donors (Lipinski definition) is 3. The molecule has 0 spiro atoms. The Kier molecular flexibility index (Phi) is 19.9. The Morgan fingerprint density at radius 1 is 0.806 bits per heavy atom. The van der Waals surface area contributed by atoms with Gasteiger partial charge in [-0.3, -0.25) is 19.2 Å². The molecule has 0 aromatic rings. The van der Waals surface area contributed by atoms with Gasteiger partial charge in [0.15, 0.2) is 0 Å². The van der Waals surface area contributed by atoms with Crippen molar-refractivity contribution < 1.29 is 58.2 Å². The predicted octanol–water partition coefficient (Wildman–Crippen LogP) is 6.31. The van der Waals surface area contributed by atoms with Gasteiger partial charge in [0, 0.05) is 57.8 Å². The summed E-state index contributed by atoms with van der Waals surface area (Å²) in [6.45, 7) is 11.0. The van der Waals surface area contributed by atoms with Crippen LogP contribution in [0.5, 0.6) is 0 Å². The molecular formula is C49H75NO12. The average Bonchev–Trinajstić information content (AvgIpc) is 3.24. The maximum Gasteiger partial charge on any atom is 0.329 e. The summed E-state index contributed by atoms with van der Waals surface area (Å²) < 4.78 is 23.6. The normalized spacial score (nSPS) is 39.5. The number of ketones is 3. The van der Waals surface area contributed by atoms with Crippen LogP contribution >= 0.6 is 0 Å². The number of carbonyl (C=O) groups is 5. The van der Waals surface area contributed by atoms with Crippen molar-refractivity contribution >= 4 is 29.2 Å². The van der Waals surface area contributed by atoms with Crippen molar-refractivity contribution in [1.29, 1.82) is 0 Å². The Labute approximate surface area is 369 Å². The molecule has 0 aromatic carbocycles. The lowest BCUT2D eigenvalue weighted by Crippen LogP contribution is -2.60. The second-order valence-corrected chi connectivity index (χ2v) is 18.7. The first kappa shape index (κ1) is 51.3. The Morgan fingerprint density at radius 3 is 2.26 bits per heavy atom. The van der Waals surface area contributed by atoms with E-state index in [0.29, 0.717) is 69.8 Å². The minimum Gasteiger partial charge on any atom is -0.460 e. The SMILES string of the molecule is CO[C@H]1C[C@@H]2CCC(C)C(O)(O2)C(=O)C(=O)N2CCCCC2C(=O)O[C@H](CC[C@@H]2CCC(O)[C@H](OC)C2)CC(=O)[C@H](C)/C=C(\C)C(O)CC(=O)C(C)C[C@H](C)C=C/C=C/C=C/1C. The van der Waals surface area contributed by atoms with Crippen molar-refractivity contribution in [1.82, 2.24) is 4.90 Å². The van der Waals surface area contributed by atoms with Crippen LogP contribution in [0.15, 0.2) is 47.6 Å². The van der Waals surface area contributed by atoms with Gasteiger partial charge in [0.25, 0.3) is 11.7 Å². The molecule has 0 radical (unpaired) electrons. The third-order valence-electron chi connectivity index (χ3n) is 13.8. The number of hydrogen-bond acceptors (Lipinski definition) is 12. The summed E-state index contributed by atoms with van der Waals surface area (Å²) in [5.41, 5.74) is 1.39. The monoisotopic (exact) mass is 870 g/mol. The highest BCUT2D eigenvalue weighted by atomic mass is 16.6. The first-order valence-electron chi connectivity index (χ1n) is 23.0. The lowest BCUT2D eigenvalue weighted by Gasteiger charge is -2.42. The van der Waals surface area contributed by atoms with Crippen LogP contribution < -0.4 is 0 Å². The number of rotatable bonds is 5. The van der Waals surface area contributed by atoms with Gasteiger partial charge in [-0.2, -0.15) is 0 Å². The van der Waals surface area contributed by atoms with Gasteiger partial charge in [-0.25, -0.2) is 4.79 Å². The molecule has 13 heteroatoms. The summed E-state index contributed by atoms with van der Waals surface area (Å²) in [4.78, 5) is 70.7. The molecular weight excluding hydrogens is 795 g/mol. The quantitative estimate of drug-likeness (QED) is 0.159. The number of cyclic esters (lactones) is 1. The molecule has 4 aliphatic rings. The zero-order valence-corrected chi connectivity index (χ0v) is 38.5. The molecule has 13 nitrogen and oxygen atoms in total. The van der Waals surface area contributed by atoms with Gasteiger partial charge in [-0.15, -0.1) is 0 Å². The van der Waals surface area contributed by atoms with Crippen molar-refractivity contribution in [3.8, 4) is 0 Å². The molecule has 3 aliphatic heterocycles. The molecule has 2 bridgehead atoms. The zero-order valence-electron chi connectivity index (χ0n) is 38.5. The summed E-state index contributed by atoms with van der Waals surface area (Å²) in [6, 6.07) is -1.11. The number of esters is 1. The van der Waals surface area contributed by atoms with Crippen molar-refractivity contribution in [2.75, 3.05) is 20.8 Å². The van der Waals surface area contributed by atoms with E-state index < -0.39 is 71.8 Å². The van der Waals surface area contributed by atoms with E-state index >= 15 is 0 Å². The second kappa shape index (κ2) is 24.1. The highest BCUT2D eigenvalue weighted by Crippen LogP contribution is 2.37. The number of nitrogens with zero attached hydrogens (tertiary/aromatic N) is 1. The lowest BCUT2D eigenvalue weighted by molar-refractivity contribution is -0.265. The summed E-state index contributed by atoms with van der Waals surface area (Å²) in [7, 11) is 3.15. The molecule has 1 saturated carbocycles. The van der Waals surface area contributed by atoms with E-state index in [1.807, 2.05) is 51.2 Å². The van der Waals surface area contributed by atoms with E-state index in [0.717, 1.165) is 12.0 Å². The van der Waals surface area contributed by atoms with Crippen LogP contribution in [0.25, 0.3) is 0 Å². The molecule has 1 aliphatic carbocycles. The topological polar surface area (TPSA) is 186 Å². The fourth-order valence-electron chi connectivity index (χ4n) is 9.45. The highest BCUT2D eigenvalue weighted by Gasteiger charge is 2.53. The summed E-state index contributed by atoms with van der Waals surface area (Å²) in [6.07, 6.45) is 13.4. The number of aliphatic hydroxyl groups is 3. The molecule has 3 heterocycles. The van der Waals surface area contributed by atoms with Crippen LogP contribution in [0.4, 0.5) is 0 Å². The van der Waals surface area contributed by atoms with Gasteiger partial charge in [0.1, 0.15) is 23.7 Å². The third kappa shape index (κ3) is 14.1. The van der Waals surface area contributed by atoms with Crippen LogP contribution in [0.1, 0.15) is 131 Å². The lowest BCUT2D eigenvalue weighted by atomic mass is 9.81. The summed E-state index contributed by atoms with van der Waals surface area (Å²) in [5.74, 6) is -6.99. The summed E-state index contributed by atoms with van der Waals surface area (Å²) >= 11 is 0. The Hall–Kier alpha value is -3.33. The van der Waals surface area contributed by atoms with Crippen LogP contribution in [0.2, 0.25) is 0 Å². The van der Waals surface area contributed by atoms with E-state index in [1.54, 1.807) is 41.1 Å². The van der Waals surface area contributed by atoms with Crippen LogP contribution in [0, 0.1) is 29.6 Å². The number of carbonyl (C=O) groups excluding carboxylic acids is 5. The van der Waals surface area contributed by atoms with Gasteiger partial charge >= 0.3 is 5.97 Å². The van der Waals surface area contributed by atoms with Gasteiger partial charge in [-0.1, -0.05) is 64.2 Å². The molecule has 1 amide bonds. The number of amides is 1. The van der Waals surface area contributed by atoms with Crippen LogP contribution in [-0.2, 0) is 42.9 Å². The van der Waals surface area contributed by atoms with Gasteiger partial charge in [0.05, 0.1) is 30.5 Å². The Bertz CT molecular complexity index is 1670. The van der Waals surface area contributed by atoms with Gasteiger partial charge in [-0.05, 0) is 107 Å². The predicted molar refractivity (Wildman–Crippen MR) is 234 cm³/mol. The smallest absolute Gasteiger partial charge is 0.329 e. The summed E-state index contributed by atoms with van der Waals surface area (Å²) in [5, 5.41) is 33.3. The molecule has 3 N–H and O–H groups in total. The molecule has 13 atom stereocenters. The zero-order chi connectivity index (χ0) is 45.7.